The zero-order chi connectivity index (χ0) is 13.3. The summed E-state index contributed by atoms with van der Waals surface area (Å²) in [6.07, 6.45) is 0.00282. The first-order valence-electron chi connectivity index (χ1n) is 5.40. The van der Waals surface area contributed by atoms with Gasteiger partial charge in [0, 0.05) is 6.42 Å². The van der Waals surface area contributed by atoms with Gasteiger partial charge in [0.2, 0.25) is 0 Å². The van der Waals surface area contributed by atoms with Crippen LogP contribution in [-0.4, -0.2) is 42.5 Å². The van der Waals surface area contributed by atoms with Gasteiger partial charge in [-0.2, -0.15) is 0 Å². The first-order chi connectivity index (χ1) is 8.01. The Balaban J connectivity index is 4.31. The third-order valence-corrected chi connectivity index (χ3v) is 1.77. The van der Waals surface area contributed by atoms with Crippen molar-refractivity contribution in [3.05, 3.63) is 12.7 Å². The highest BCUT2D eigenvalue weighted by molar-refractivity contribution is 5.81. The molecule has 0 bridgehead atoms. The topological polar surface area (TPSA) is 84.9 Å². The number of carbonyl (C=O) groups excluding carboxylic acids is 2. The zero-order valence-electron chi connectivity index (χ0n) is 10.1. The number of hydrogen-bond acceptors (Lipinski definition) is 5. The normalized spacial score (nSPS) is 13.4. The van der Waals surface area contributed by atoms with Crippen LogP contribution in [0.5, 0.6) is 0 Å². The van der Waals surface area contributed by atoms with E-state index in [4.69, 9.17) is 4.74 Å². The average Bonchev–Trinajstić information content (AvgIpc) is 2.25. The van der Waals surface area contributed by atoms with Crippen LogP contribution in [0.4, 0.5) is 4.79 Å². The van der Waals surface area contributed by atoms with Gasteiger partial charge < -0.3 is 19.9 Å². The fourth-order valence-corrected chi connectivity index (χ4v) is 1.12. The average molecular weight is 245 g/mol. The van der Waals surface area contributed by atoms with E-state index in [9.17, 15) is 14.7 Å². The van der Waals surface area contributed by atoms with Gasteiger partial charge in [-0.1, -0.05) is 12.7 Å². The maximum atomic E-state index is 11.5. The Bertz CT molecular complexity index is 265. The molecule has 0 aromatic carbocycles. The molecule has 0 saturated heterocycles. The molecule has 0 saturated carbocycles. The minimum atomic E-state index is -0.910. The fourth-order valence-electron chi connectivity index (χ4n) is 1.12. The van der Waals surface area contributed by atoms with Crippen LogP contribution < -0.4 is 5.32 Å². The van der Waals surface area contributed by atoms with Crippen molar-refractivity contribution in [3.63, 3.8) is 0 Å². The minimum absolute atomic E-state index is 0.0516. The summed E-state index contributed by atoms with van der Waals surface area (Å²) in [5.41, 5.74) is 0. The lowest BCUT2D eigenvalue weighted by atomic mass is 10.1. The van der Waals surface area contributed by atoms with E-state index in [1.807, 2.05) is 0 Å². The van der Waals surface area contributed by atoms with E-state index in [-0.39, 0.29) is 19.6 Å². The molecule has 0 aromatic heterocycles. The maximum absolute atomic E-state index is 11.5. The van der Waals surface area contributed by atoms with Crippen molar-refractivity contribution in [1.82, 2.24) is 5.32 Å². The third-order valence-electron chi connectivity index (χ3n) is 1.77. The Hall–Kier alpha value is -1.56. The molecule has 0 aliphatic heterocycles. The van der Waals surface area contributed by atoms with E-state index in [2.05, 4.69) is 16.6 Å². The highest BCUT2D eigenvalue weighted by atomic mass is 16.6. The number of hydrogen-bond donors (Lipinski definition) is 2. The van der Waals surface area contributed by atoms with Gasteiger partial charge in [-0.3, -0.25) is 0 Å². The number of carbonyl (C=O) groups is 2. The zero-order valence-corrected chi connectivity index (χ0v) is 10.1. The lowest BCUT2D eigenvalue weighted by Gasteiger charge is -2.18. The Morgan fingerprint density at radius 1 is 1.47 bits per heavy atom. The van der Waals surface area contributed by atoms with Crippen LogP contribution in [0, 0.1) is 0 Å². The molecule has 0 aliphatic carbocycles. The third kappa shape index (κ3) is 7.35. The molecule has 0 spiro atoms. The van der Waals surface area contributed by atoms with Crippen LogP contribution >= 0.6 is 0 Å². The second kappa shape index (κ2) is 8.58. The largest absolute Gasteiger partial charge is 0.464 e. The van der Waals surface area contributed by atoms with Crippen LogP contribution in [0.3, 0.4) is 0 Å². The van der Waals surface area contributed by atoms with Gasteiger partial charge >= 0.3 is 12.1 Å². The molecule has 0 heterocycles. The summed E-state index contributed by atoms with van der Waals surface area (Å²) in [5, 5.41) is 11.5. The lowest BCUT2D eigenvalue weighted by Crippen LogP contribution is -2.43. The standard InChI is InChI=1S/C11H19NO5/c1-4-6-17-11(15)12-9(7-8(3)13)10(14)16-5-2/h4,8-9,13H,1,5-7H2,2-3H3,(H,12,15). The summed E-state index contributed by atoms with van der Waals surface area (Å²) >= 11 is 0. The molecule has 2 unspecified atom stereocenters. The molecule has 0 aromatic rings. The van der Waals surface area contributed by atoms with E-state index < -0.39 is 24.2 Å². The first-order valence-corrected chi connectivity index (χ1v) is 5.40. The molecule has 0 radical (unpaired) electrons. The van der Waals surface area contributed by atoms with Crippen molar-refractivity contribution in [2.45, 2.75) is 32.4 Å². The van der Waals surface area contributed by atoms with Crippen molar-refractivity contribution in [3.8, 4) is 0 Å². The molecular weight excluding hydrogens is 226 g/mol. The summed E-state index contributed by atoms with van der Waals surface area (Å²) in [4.78, 5) is 22.7. The SMILES string of the molecule is C=CCOC(=O)NC(CC(C)O)C(=O)OCC. The smallest absolute Gasteiger partial charge is 0.408 e. The molecule has 2 atom stereocenters. The summed E-state index contributed by atoms with van der Waals surface area (Å²) < 4.78 is 9.44. The Morgan fingerprint density at radius 2 is 2.12 bits per heavy atom. The van der Waals surface area contributed by atoms with Crippen molar-refractivity contribution in [1.29, 1.82) is 0 Å². The number of nitrogens with one attached hydrogen (secondary N) is 1. The number of ether oxygens (including phenoxy) is 2. The molecule has 17 heavy (non-hydrogen) atoms. The van der Waals surface area contributed by atoms with E-state index in [0.29, 0.717) is 0 Å². The van der Waals surface area contributed by atoms with Gasteiger partial charge in [-0.25, -0.2) is 9.59 Å². The summed E-state index contributed by atoms with van der Waals surface area (Å²) in [6.45, 7) is 6.82. The Labute approximate surface area is 101 Å². The molecular formula is C11H19NO5. The van der Waals surface area contributed by atoms with Crippen molar-refractivity contribution in [2.24, 2.45) is 0 Å². The quantitative estimate of drug-likeness (QED) is 0.507. The van der Waals surface area contributed by atoms with Gasteiger partial charge in [-0.05, 0) is 13.8 Å². The molecule has 1 amide bonds. The van der Waals surface area contributed by atoms with Gasteiger partial charge in [0.25, 0.3) is 0 Å². The first kappa shape index (κ1) is 15.4. The van der Waals surface area contributed by atoms with Crippen LogP contribution in [0.1, 0.15) is 20.3 Å². The summed E-state index contributed by atoms with van der Waals surface area (Å²) in [6, 6.07) is -0.910. The highest BCUT2D eigenvalue weighted by Gasteiger charge is 2.24. The van der Waals surface area contributed by atoms with Gasteiger partial charge in [0.05, 0.1) is 12.7 Å². The number of aliphatic hydroxyl groups excluding tert-OH is 1. The predicted octanol–water partition coefficient (Wildman–Crippen LogP) is 0.601. The number of alkyl carbamates (subject to hydrolysis) is 1. The molecule has 0 aliphatic rings. The number of amides is 1. The Kier molecular flexibility index (Phi) is 7.79. The lowest BCUT2D eigenvalue weighted by molar-refractivity contribution is -0.146. The molecule has 0 fully saturated rings. The predicted molar refractivity (Wildman–Crippen MR) is 61.4 cm³/mol. The summed E-state index contributed by atoms with van der Waals surface area (Å²) in [5.74, 6) is -0.594. The molecule has 98 valence electrons. The van der Waals surface area contributed by atoms with Gasteiger partial charge in [0.1, 0.15) is 12.6 Å². The Morgan fingerprint density at radius 3 is 2.59 bits per heavy atom. The van der Waals surface area contributed by atoms with E-state index in [1.54, 1.807) is 6.92 Å². The van der Waals surface area contributed by atoms with E-state index >= 15 is 0 Å². The second-order valence-electron chi connectivity index (χ2n) is 3.42. The molecule has 6 heteroatoms. The fraction of sp³-hybridized carbons (Fsp3) is 0.636. The molecule has 6 nitrogen and oxygen atoms in total. The van der Waals surface area contributed by atoms with Gasteiger partial charge in [-0.15, -0.1) is 0 Å². The monoisotopic (exact) mass is 245 g/mol. The van der Waals surface area contributed by atoms with Crippen molar-refractivity contribution >= 4 is 12.1 Å². The second-order valence-corrected chi connectivity index (χ2v) is 3.42. The van der Waals surface area contributed by atoms with Gasteiger partial charge in [0.15, 0.2) is 0 Å². The summed E-state index contributed by atoms with van der Waals surface area (Å²) in [7, 11) is 0. The molecule has 2 N–H and O–H groups in total. The van der Waals surface area contributed by atoms with Crippen LogP contribution in [0.2, 0.25) is 0 Å². The van der Waals surface area contributed by atoms with Crippen LogP contribution in [0.15, 0.2) is 12.7 Å². The van der Waals surface area contributed by atoms with E-state index in [1.165, 1.54) is 13.0 Å². The van der Waals surface area contributed by atoms with Crippen LogP contribution in [0.25, 0.3) is 0 Å². The number of esters is 1. The van der Waals surface area contributed by atoms with Crippen molar-refractivity contribution in [2.75, 3.05) is 13.2 Å². The minimum Gasteiger partial charge on any atom is -0.464 e. The molecule has 0 rings (SSSR count). The highest BCUT2D eigenvalue weighted by Crippen LogP contribution is 2.01. The van der Waals surface area contributed by atoms with E-state index in [0.717, 1.165) is 0 Å². The van der Waals surface area contributed by atoms with Crippen molar-refractivity contribution < 1.29 is 24.2 Å². The maximum Gasteiger partial charge on any atom is 0.408 e. The number of aliphatic hydroxyl groups is 1. The number of rotatable bonds is 7. The van der Waals surface area contributed by atoms with Crippen LogP contribution in [-0.2, 0) is 14.3 Å².